The summed E-state index contributed by atoms with van der Waals surface area (Å²) < 4.78 is 18.7. The van der Waals surface area contributed by atoms with Crippen molar-refractivity contribution >= 4 is 23.2 Å². The Kier molecular flexibility index (Phi) is 4.81. The SMILES string of the molecule is CCOc1c(Cl)cccc1NC(=O)c1ccc(F)c(C)c1. The summed E-state index contributed by atoms with van der Waals surface area (Å²) in [6.45, 7) is 3.87. The molecule has 0 bridgehead atoms. The summed E-state index contributed by atoms with van der Waals surface area (Å²) in [5.74, 6) is -0.264. The van der Waals surface area contributed by atoms with Gasteiger partial charge in [-0.2, -0.15) is 0 Å². The molecule has 0 aliphatic rings. The molecule has 0 fully saturated rings. The number of anilines is 1. The maximum absolute atomic E-state index is 13.2. The predicted octanol–water partition coefficient (Wildman–Crippen LogP) is 4.44. The number of hydrogen-bond acceptors (Lipinski definition) is 2. The zero-order valence-electron chi connectivity index (χ0n) is 11.7. The van der Waals surface area contributed by atoms with Crippen molar-refractivity contribution in [3.8, 4) is 5.75 Å². The smallest absolute Gasteiger partial charge is 0.255 e. The van der Waals surface area contributed by atoms with Gasteiger partial charge in [-0.25, -0.2) is 4.39 Å². The van der Waals surface area contributed by atoms with Crippen molar-refractivity contribution in [2.45, 2.75) is 13.8 Å². The van der Waals surface area contributed by atoms with Crippen LogP contribution in [0.5, 0.6) is 5.75 Å². The van der Waals surface area contributed by atoms with Crippen LogP contribution in [0.25, 0.3) is 0 Å². The molecule has 0 radical (unpaired) electrons. The molecular weight excluding hydrogens is 293 g/mol. The van der Waals surface area contributed by atoms with Gasteiger partial charge in [-0.3, -0.25) is 4.79 Å². The van der Waals surface area contributed by atoms with Crippen molar-refractivity contribution in [3.63, 3.8) is 0 Å². The largest absolute Gasteiger partial charge is 0.490 e. The van der Waals surface area contributed by atoms with Crippen molar-refractivity contribution in [3.05, 3.63) is 58.4 Å². The lowest BCUT2D eigenvalue weighted by Gasteiger charge is -2.13. The van der Waals surface area contributed by atoms with Gasteiger partial charge in [0.1, 0.15) is 5.82 Å². The molecule has 0 atom stereocenters. The topological polar surface area (TPSA) is 38.3 Å². The van der Waals surface area contributed by atoms with Crippen LogP contribution in [0, 0.1) is 12.7 Å². The fraction of sp³-hybridized carbons (Fsp3) is 0.188. The highest BCUT2D eigenvalue weighted by atomic mass is 35.5. The average Bonchev–Trinajstić information content (AvgIpc) is 2.45. The van der Waals surface area contributed by atoms with Gasteiger partial charge in [0, 0.05) is 5.56 Å². The van der Waals surface area contributed by atoms with E-state index in [1.165, 1.54) is 18.2 Å². The van der Waals surface area contributed by atoms with Crippen molar-refractivity contribution in [1.82, 2.24) is 0 Å². The molecule has 110 valence electrons. The quantitative estimate of drug-likeness (QED) is 0.907. The summed E-state index contributed by atoms with van der Waals surface area (Å²) in [5.41, 5.74) is 1.27. The first-order valence-electron chi connectivity index (χ1n) is 6.51. The molecule has 1 amide bonds. The Bertz CT molecular complexity index is 673. The maximum atomic E-state index is 13.2. The Morgan fingerprint density at radius 3 is 2.76 bits per heavy atom. The van der Waals surface area contributed by atoms with Gasteiger partial charge in [-0.1, -0.05) is 17.7 Å². The Morgan fingerprint density at radius 2 is 2.10 bits per heavy atom. The monoisotopic (exact) mass is 307 g/mol. The maximum Gasteiger partial charge on any atom is 0.255 e. The molecule has 0 spiro atoms. The third-order valence-electron chi connectivity index (χ3n) is 2.92. The molecule has 0 aromatic heterocycles. The van der Waals surface area contributed by atoms with Gasteiger partial charge in [-0.05, 0) is 49.7 Å². The van der Waals surface area contributed by atoms with Crippen LogP contribution in [-0.2, 0) is 0 Å². The molecule has 2 aromatic rings. The molecule has 5 heteroatoms. The Labute approximate surface area is 127 Å². The fourth-order valence-electron chi connectivity index (χ4n) is 1.88. The number of rotatable bonds is 4. The van der Waals surface area contributed by atoms with Crippen molar-refractivity contribution in [2.24, 2.45) is 0 Å². The van der Waals surface area contributed by atoms with E-state index >= 15 is 0 Å². The molecule has 0 unspecified atom stereocenters. The summed E-state index contributed by atoms with van der Waals surface area (Å²) in [6, 6.07) is 9.30. The van der Waals surface area contributed by atoms with E-state index in [-0.39, 0.29) is 11.7 Å². The van der Waals surface area contributed by atoms with Gasteiger partial charge in [0.15, 0.2) is 5.75 Å². The van der Waals surface area contributed by atoms with Crippen molar-refractivity contribution in [2.75, 3.05) is 11.9 Å². The number of para-hydroxylation sites is 1. The number of benzene rings is 2. The Hall–Kier alpha value is -2.07. The number of carbonyl (C=O) groups excluding carboxylic acids is 1. The zero-order valence-corrected chi connectivity index (χ0v) is 12.5. The molecule has 1 N–H and O–H groups in total. The molecule has 0 heterocycles. The lowest BCUT2D eigenvalue weighted by molar-refractivity contribution is 0.102. The van der Waals surface area contributed by atoms with Crippen LogP contribution >= 0.6 is 11.6 Å². The highest BCUT2D eigenvalue weighted by Gasteiger charge is 2.13. The Balaban J connectivity index is 2.27. The lowest BCUT2D eigenvalue weighted by atomic mass is 10.1. The van der Waals surface area contributed by atoms with Crippen LogP contribution in [0.4, 0.5) is 10.1 Å². The molecule has 0 saturated heterocycles. The summed E-state index contributed by atoms with van der Waals surface area (Å²) in [7, 11) is 0. The molecule has 0 saturated carbocycles. The third-order valence-corrected chi connectivity index (χ3v) is 3.22. The number of carbonyl (C=O) groups is 1. The number of hydrogen-bond donors (Lipinski definition) is 1. The number of ether oxygens (including phenoxy) is 1. The number of halogens is 2. The second-order valence-electron chi connectivity index (χ2n) is 4.47. The molecule has 0 aliphatic heterocycles. The second-order valence-corrected chi connectivity index (χ2v) is 4.87. The molecule has 0 aliphatic carbocycles. The highest BCUT2D eigenvalue weighted by molar-refractivity contribution is 6.32. The first-order valence-corrected chi connectivity index (χ1v) is 6.89. The number of amides is 1. The van der Waals surface area contributed by atoms with E-state index in [0.29, 0.717) is 34.2 Å². The highest BCUT2D eigenvalue weighted by Crippen LogP contribution is 2.33. The van der Waals surface area contributed by atoms with E-state index in [1.807, 2.05) is 6.92 Å². The first kappa shape index (κ1) is 15.3. The molecule has 2 aromatic carbocycles. The second kappa shape index (κ2) is 6.59. The van der Waals surface area contributed by atoms with E-state index in [1.54, 1.807) is 25.1 Å². The average molecular weight is 308 g/mol. The summed E-state index contributed by atoms with van der Waals surface area (Å²) in [5, 5.41) is 3.15. The molecule has 3 nitrogen and oxygen atoms in total. The van der Waals surface area contributed by atoms with Gasteiger partial charge in [0.05, 0.1) is 17.3 Å². The molecule has 2 rings (SSSR count). The van der Waals surface area contributed by atoms with Gasteiger partial charge < -0.3 is 10.1 Å². The first-order chi connectivity index (χ1) is 10.0. The minimum absolute atomic E-state index is 0.343. The predicted molar refractivity (Wildman–Crippen MR) is 81.7 cm³/mol. The van der Waals surface area contributed by atoms with Gasteiger partial charge >= 0.3 is 0 Å². The van der Waals surface area contributed by atoms with E-state index in [9.17, 15) is 9.18 Å². The van der Waals surface area contributed by atoms with Crippen LogP contribution in [0.15, 0.2) is 36.4 Å². The lowest BCUT2D eigenvalue weighted by Crippen LogP contribution is -2.13. The summed E-state index contributed by atoms with van der Waals surface area (Å²) in [4.78, 5) is 12.2. The van der Waals surface area contributed by atoms with Crippen molar-refractivity contribution in [1.29, 1.82) is 0 Å². The van der Waals surface area contributed by atoms with Crippen LogP contribution < -0.4 is 10.1 Å². The summed E-state index contributed by atoms with van der Waals surface area (Å²) in [6.07, 6.45) is 0. The normalized spacial score (nSPS) is 10.3. The van der Waals surface area contributed by atoms with Crippen LogP contribution in [0.2, 0.25) is 5.02 Å². The van der Waals surface area contributed by atoms with Crippen molar-refractivity contribution < 1.29 is 13.9 Å². The van der Waals surface area contributed by atoms with Gasteiger partial charge in [0.2, 0.25) is 0 Å². The van der Waals surface area contributed by atoms with E-state index in [0.717, 1.165) is 0 Å². The Morgan fingerprint density at radius 1 is 1.33 bits per heavy atom. The molecule has 21 heavy (non-hydrogen) atoms. The number of nitrogens with one attached hydrogen (secondary N) is 1. The number of aryl methyl sites for hydroxylation is 1. The third kappa shape index (κ3) is 3.52. The molecular formula is C16H15ClFNO2. The minimum atomic E-state index is -0.346. The zero-order chi connectivity index (χ0) is 15.4. The van der Waals surface area contributed by atoms with E-state index in [4.69, 9.17) is 16.3 Å². The van der Waals surface area contributed by atoms with E-state index in [2.05, 4.69) is 5.32 Å². The minimum Gasteiger partial charge on any atom is -0.490 e. The van der Waals surface area contributed by atoms with E-state index < -0.39 is 0 Å². The fourth-order valence-corrected chi connectivity index (χ4v) is 2.11. The standard InChI is InChI=1S/C16H15ClFNO2/c1-3-21-15-12(17)5-4-6-14(15)19-16(20)11-7-8-13(18)10(2)9-11/h4-9H,3H2,1-2H3,(H,19,20). The summed E-state index contributed by atoms with van der Waals surface area (Å²) >= 11 is 6.06. The van der Waals surface area contributed by atoms with Crippen LogP contribution in [0.3, 0.4) is 0 Å². The van der Waals surface area contributed by atoms with Crippen LogP contribution in [-0.4, -0.2) is 12.5 Å². The van der Waals surface area contributed by atoms with Gasteiger partial charge in [-0.15, -0.1) is 0 Å². The van der Waals surface area contributed by atoms with Gasteiger partial charge in [0.25, 0.3) is 5.91 Å². The van der Waals surface area contributed by atoms with Crippen LogP contribution in [0.1, 0.15) is 22.8 Å².